The van der Waals surface area contributed by atoms with E-state index in [9.17, 15) is 9.59 Å². The number of azo groups is 1. The fourth-order valence-electron chi connectivity index (χ4n) is 2.54. The van der Waals surface area contributed by atoms with E-state index in [1.165, 1.54) is 23.1 Å². The van der Waals surface area contributed by atoms with Gasteiger partial charge in [0.25, 0.3) is 5.91 Å². The summed E-state index contributed by atoms with van der Waals surface area (Å²) in [6, 6.07) is 7.77. The van der Waals surface area contributed by atoms with Gasteiger partial charge >= 0.3 is 5.13 Å². The maximum Gasteiger partial charge on any atom is 0.408 e. The molecular formula is C22H31N8O2S4+. The van der Waals surface area contributed by atoms with Crippen LogP contribution in [-0.4, -0.2) is 62.2 Å². The number of nitrogens with two attached hydrogens (primary N) is 1. The first-order valence-corrected chi connectivity index (χ1v) is 15.1. The molecule has 0 aliphatic heterocycles. The number of anilines is 1. The Bertz CT molecular complexity index is 1040. The number of amides is 2. The van der Waals surface area contributed by atoms with E-state index in [-0.39, 0.29) is 24.9 Å². The minimum Gasteiger partial charge on any atom is -0.378 e. The number of aliphatic imine (C=N–C) groups is 1. The van der Waals surface area contributed by atoms with Gasteiger partial charge in [0, 0.05) is 49.8 Å². The molecule has 0 saturated heterocycles. The number of benzene rings is 1. The number of thiazole rings is 1. The van der Waals surface area contributed by atoms with Crippen LogP contribution >= 0.6 is 44.7 Å². The monoisotopic (exact) mass is 567 g/mol. The highest BCUT2D eigenvalue weighted by Crippen LogP contribution is 2.22. The zero-order chi connectivity index (χ0) is 26.2. The Morgan fingerprint density at radius 1 is 1.11 bits per heavy atom. The van der Waals surface area contributed by atoms with E-state index >= 15 is 0 Å². The van der Waals surface area contributed by atoms with Crippen molar-refractivity contribution < 1.29 is 14.2 Å². The van der Waals surface area contributed by atoms with Crippen molar-refractivity contribution in [3.05, 3.63) is 47.8 Å². The maximum absolute atomic E-state index is 12.3. The molecule has 36 heavy (non-hydrogen) atoms. The number of hydrogen-bond acceptors (Lipinski definition) is 10. The lowest BCUT2D eigenvalue weighted by molar-refractivity contribution is -0.667. The van der Waals surface area contributed by atoms with Crippen molar-refractivity contribution in [3.8, 4) is 0 Å². The van der Waals surface area contributed by atoms with Crippen LogP contribution in [0.1, 0.15) is 0 Å². The molecule has 2 rings (SSSR count). The summed E-state index contributed by atoms with van der Waals surface area (Å²) in [5, 5.41) is 18.7. The molecule has 0 saturated carbocycles. The standard InChI is InChI=1S/C22H30N8O2S4/c1-4-33-21(23)26-15-19(31)24-9-12-35-36-13-10-25-20(32)16-30-11-14-34-22(30)28-27-17-5-7-18(8-6-17)29(2)3/h4-8,11,14H,1,9-10,12-13,15-16H2,2-3H3,(H3-,23,24,25,26,31,32)/p+1. The van der Waals surface area contributed by atoms with Gasteiger partial charge in [-0.1, -0.05) is 39.9 Å². The Labute approximate surface area is 227 Å². The van der Waals surface area contributed by atoms with Crippen LogP contribution in [0.25, 0.3) is 0 Å². The summed E-state index contributed by atoms with van der Waals surface area (Å²) < 4.78 is 1.77. The average Bonchev–Trinajstić information content (AvgIpc) is 3.30. The van der Waals surface area contributed by atoms with Crippen molar-refractivity contribution in [2.24, 2.45) is 21.0 Å². The predicted molar refractivity (Wildman–Crippen MR) is 155 cm³/mol. The summed E-state index contributed by atoms with van der Waals surface area (Å²) >= 11 is 2.61. The van der Waals surface area contributed by atoms with Crippen LogP contribution in [0.2, 0.25) is 0 Å². The SMILES string of the molecule is C=CSC(N)=NCC(=O)NCCSSCCNC(=O)C[n+]1ccsc1N=Nc1ccc(N(C)C)cc1. The smallest absolute Gasteiger partial charge is 0.378 e. The summed E-state index contributed by atoms with van der Waals surface area (Å²) in [6.45, 7) is 4.81. The highest BCUT2D eigenvalue weighted by molar-refractivity contribution is 8.76. The van der Waals surface area contributed by atoms with Crippen LogP contribution in [0.4, 0.5) is 16.5 Å². The van der Waals surface area contributed by atoms with Gasteiger partial charge < -0.3 is 21.3 Å². The summed E-state index contributed by atoms with van der Waals surface area (Å²) in [5.41, 5.74) is 7.42. The van der Waals surface area contributed by atoms with E-state index < -0.39 is 0 Å². The third kappa shape index (κ3) is 11.9. The topological polar surface area (TPSA) is 128 Å². The molecule has 1 aromatic carbocycles. The molecule has 0 spiro atoms. The maximum atomic E-state index is 12.3. The van der Waals surface area contributed by atoms with Crippen molar-refractivity contribution in [2.75, 3.05) is 50.1 Å². The largest absolute Gasteiger partial charge is 0.408 e. The molecule has 2 aromatic rings. The van der Waals surface area contributed by atoms with Crippen molar-refractivity contribution in [1.29, 1.82) is 0 Å². The Morgan fingerprint density at radius 3 is 2.42 bits per heavy atom. The van der Waals surface area contributed by atoms with Crippen molar-refractivity contribution in [1.82, 2.24) is 10.6 Å². The molecule has 0 unspecified atom stereocenters. The summed E-state index contributed by atoms with van der Waals surface area (Å²) in [7, 11) is 7.24. The number of nitrogens with one attached hydrogen (secondary N) is 2. The number of nitrogens with zero attached hydrogens (tertiary/aromatic N) is 5. The summed E-state index contributed by atoms with van der Waals surface area (Å²) in [5.74, 6) is 1.25. The molecule has 0 bridgehead atoms. The number of carbonyl (C=O) groups excluding carboxylic acids is 2. The Kier molecular flexibility index (Phi) is 14.0. The fourth-order valence-corrected chi connectivity index (χ4v) is 5.34. The van der Waals surface area contributed by atoms with Crippen molar-refractivity contribution >= 4 is 78.2 Å². The van der Waals surface area contributed by atoms with E-state index in [1.807, 2.05) is 54.8 Å². The van der Waals surface area contributed by atoms with E-state index in [0.717, 1.165) is 22.9 Å². The van der Waals surface area contributed by atoms with Gasteiger partial charge in [-0.15, -0.1) is 0 Å². The van der Waals surface area contributed by atoms with Gasteiger partial charge in [-0.25, -0.2) is 4.57 Å². The lowest BCUT2D eigenvalue weighted by atomic mass is 10.3. The Balaban J connectivity index is 1.60. The van der Waals surface area contributed by atoms with Gasteiger partial charge in [0.1, 0.15) is 18.4 Å². The van der Waals surface area contributed by atoms with Crippen LogP contribution in [0.5, 0.6) is 0 Å². The van der Waals surface area contributed by atoms with Crippen molar-refractivity contribution in [2.45, 2.75) is 6.54 Å². The number of thioether (sulfide) groups is 1. The molecule has 2 amide bonds. The molecule has 0 aliphatic carbocycles. The molecular weight excluding hydrogens is 537 g/mol. The number of rotatable bonds is 15. The minimum atomic E-state index is -0.174. The second-order valence-electron chi connectivity index (χ2n) is 7.21. The highest BCUT2D eigenvalue weighted by atomic mass is 33.1. The van der Waals surface area contributed by atoms with Gasteiger partial charge in [0.15, 0.2) is 11.7 Å². The summed E-state index contributed by atoms with van der Waals surface area (Å²) in [6.07, 6.45) is 1.82. The number of aromatic nitrogens is 1. The first kappa shape index (κ1) is 29.7. The minimum absolute atomic E-state index is 0.00557. The Morgan fingerprint density at radius 2 is 1.78 bits per heavy atom. The van der Waals surface area contributed by atoms with Crippen LogP contribution in [-0.2, 0) is 16.1 Å². The van der Waals surface area contributed by atoms with Crippen LogP contribution in [0.15, 0.2) is 63.1 Å². The third-order valence-electron chi connectivity index (χ3n) is 4.27. The fraction of sp³-hybridized carbons (Fsp3) is 0.364. The van der Waals surface area contributed by atoms with Gasteiger partial charge in [0.2, 0.25) is 5.91 Å². The quantitative estimate of drug-likeness (QED) is 0.0752. The first-order valence-electron chi connectivity index (χ1n) is 10.9. The van der Waals surface area contributed by atoms with E-state index in [1.54, 1.807) is 31.6 Å². The van der Waals surface area contributed by atoms with Gasteiger partial charge in [0.05, 0.1) is 5.11 Å². The first-order chi connectivity index (χ1) is 17.4. The lowest BCUT2D eigenvalue weighted by Crippen LogP contribution is -2.42. The van der Waals surface area contributed by atoms with Crippen molar-refractivity contribution in [3.63, 3.8) is 0 Å². The second kappa shape index (κ2) is 17.0. The van der Waals surface area contributed by atoms with E-state index in [0.29, 0.717) is 23.4 Å². The molecule has 1 heterocycles. The molecule has 194 valence electrons. The molecule has 1 aromatic heterocycles. The van der Waals surface area contributed by atoms with Crippen LogP contribution in [0, 0.1) is 0 Å². The number of hydrogen-bond donors (Lipinski definition) is 3. The average molecular weight is 568 g/mol. The molecule has 0 fully saturated rings. The van der Waals surface area contributed by atoms with Gasteiger partial charge in [-0.3, -0.25) is 14.6 Å². The zero-order valence-corrected chi connectivity index (χ0v) is 23.5. The predicted octanol–water partition coefficient (Wildman–Crippen LogP) is 3.32. The lowest BCUT2D eigenvalue weighted by Gasteiger charge is -2.11. The zero-order valence-electron chi connectivity index (χ0n) is 20.3. The van der Waals surface area contributed by atoms with Crippen LogP contribution in [0.3, 0.4) is 0 Å². The number of amidine groups is 1. The van der Waals surface area contributed by atoms with Crippen LogP contribution < -0.4 is 25.8 Å². The third-order valence-corrected chi connectivity index (χ3v) is 8.00. The highest BCUT2D eigenvalue weighted by Gasteiger charge is 2.15. The molecule has 0 aliphatic rings. The Hall–Kier alpha value is -2.55. The normalized spacial score (nSPS) is 11.4. The van der Waals surface area contributed by atoms with Gasteiger partial charge in [-0.05, 0) is 46.1 Å². The van der Waals surface area contributed by atoms with E-state index in [4.69, 9.17) is 5.73 Å². The van der Waals surface area contributed by atoms with E-state index in [2.05, 4.69) is 32.4 Å². The molecule has 10 nitrogen and oxygen atoms in total. The molecule has 4 N–H and O–H groups in total. The molecule has 0 atom stereocenters. The molecule has 0 radical (unpaired) electrons. The number of carbonyl (C=O) groups is 2. The molecule has 14 heteroatoms. The summed E-state index contributed by atoms with van der Waals surface area (Å²) in [4.78, 5) is 29.9. The second-order valence-corrected chi connectivity index (χ2v) is 11.8. The van der Waals surface area contributed by atoms with Gasteiger partial charge in [-0.2, -0.15) is 0 Å².